The van der Waals surface area contributed by atoms with E-state index in [0.29, 0.717) is 29.8 Å². The van der Waals surface area contributed by atoms with Crippen molar-refractivity contribution in [3.8, 4) is 11.6 Å². The Morgan fingerprint density at radius 1 is 1.12 bits per heavy atom. The second kappa shape index (κ2) is 10.3. The van der Waals surface area contributed by atoms with Gasteiger partial charge in [-0.1, -0.05) is 42.1 Å². The number of nitrogens with one attached hydrogen (secondary N) is 1. The maximum absolute atomic E-state index is 12.6. The van der Waals surface area contributed by atoms with Crippen molar-refractivity contribution >= 4 is 17.7 Å². The fraction of sp³-hybridized carbons (Fsp3) is 0.435. The van der Waals surface area contributed by atoms with Gasteiger partial charge in [-0.05, 0) is 31.5 Å². The van der Waals surface area contributed by atoms with E-state index in [1.807, 2.05) is 34.9 Å². The highest BCUT2D eigenvalue weighted by Gasteiger charge is 2.28. The average molecular weight is 456 g/mol. The van der Waals surface area contributed by atoms with E-state index in [-0.39, 0.29) is 17.2 Å². The normalized spacial score (nSPS) is 15.1. The van der Waals surface area contributed by atoms with Crippen molar-refractivity contribution in [1.29, 1.82) is 0 Å². The minimum atomic E-state index is -0.121. The molecule has 8 nitrogen and oxygen atoms in total. The van der Waals surface area contributed by atoms with Gasteiger partial charge in [-0.15, -0.1) is 10.2 Å². The summed E-state index contributed by atoms with van der Waals surface area (Å²) in [5.74, 6) is 1.54. The minimum Gasteiger partial charge on any atom is -0.461 e. The molecule has 0 atom stereocenters. The quantitative estimate of drug-likeness (QED) is 0.497. The van der Waals surface area contributed by atoms with Crippen LogP contribution in [0.25, 0.3) is 11.6 Å². The van der Waals surface area contributed by atoms with Gasteiger partial charge in [0.25, 0.3) is 0 Å². The van der Waals surface area contributed by atoms with Crippen molar-refractivity contribution in [3.05, 3.63) is 54.3 Å². The fourth-order valence-electron chi connectivity index (χ4n) is 3.67. The van der Waals surface area contributed by atoms with E-state index in [1.165, 1.54) is 11.8 Å². The predicted octanol–water partition coefficient (Wildman–Crippen LogP) is 2.91. The molecule has 0 spiro atoms. The molecule has 1 saturated heterocycles. The van der Waals surface area contributed by atoms with Gasteiger partial charge in [-0.3, -0.25) is 14.3 Å². The zero-order chi connectivity index (χ0) is 22.4. The number of benzene rings is 1. The molecule has 0 saturated carbocycles. The topological polar surface area (TPSA) is 85.4 Å². The lowest BCUT2D eigenvalue weighted by molar-refractivity contribution is -0.119. The third kappa shape index (κ3) is 5.59. The van der Waals surface area contributed by atoms with Crippen LogP contribution in [0, 0.1) is 0 Å². The molecule has 0 aliphatic carbocycles. The number of morpholine rings is 1. The van der Waals surface area contributed by atoms with Crippen molar-refractivity contribution in [1.82, 2.24) is 25.0 Å². The minimum absolute atomic E-state index is 0.0230. The van der Waals surface area contributed by atoms with E-state index >= 15 is 0 Å². The molecule has 1 fully saturated rings. The molecule has 1 aromatic carbocycles. The lowest BCUT2D eigenvalue weighted by Crippen LogP contribution is -2.55. The van der Waals surface area contributed by atoms with Gasteiger partial charge >= 0.3 is 0 Å². The number of carbonyl (C=O) groups excluding carboxylic acids is 1. The summed E-state index contributed by atoms with van der Waals surface area (Å²) in [6, 6.07) is 13.8. The van der Waals surface area contributed by atoms with Gasteiger partial charge in [0.05, 0.1) is 31.8 Å². The molecular weight excluding hydrogens is 426 g/mol. The third-order valence-corrected chi connectivity index (χ3v) is 6.53. The Labute approximate surface area is 192 Å². The van der Waals surface area contributed by atoms with Crippen molar-refractivity contribution < 1.29 is 13.9 Å². The average Bonchev–Trinajstić information content (AvgIpc) is 3.48. The number of ether oxygens (including phenoxy) is 1. The highest BCUT2D eigenvalue weighted by atomic mass is 32.2. The molecule has 0 radical (unpaired) electrons. The summed E-state index contributed by atoms with van der Waals surface area (Å²) in [5, 5.41) is 12.4. The molecule has 9 heteroatoms. The van der Waals surface area contributed by atoms with Crippen LogP contribution in [0.4, 0.5) is 0 Å². The van der Waals surface area contributed by atoms with Crippen molar-refractivity contribution in [2.75, 3.05) is 38.6 Å². The predicted molar refractivity (Wildman–Crippen MR) is 123 cm³/mol. The van der Waals surface area contributed by atoms with Crippen LogP contribution in [-0.4, -0.2) is 69.7 Å². The lowest BCUT2D eigenvalue weighted by Gasteiger charge is -2.40. The molecule has 0 bridgehead atoms. The zero-order valence-corrected chi connectivity index (χ0v) is 19.3. The highest BCUT2D eigenvalue weighted by molar-refractivity contribution is 7.99. The van der Waals surface area contributed by atoms with E-state index < -0.39 is 0 Å². The van der Waals surface area contributed by atoms with Crippen LogP contribution < -0.4 is 5.32 Å². The van der Waals surface area contributed by atoms with Crippen LogP contribution in [-0.2, 0) is 16.1 Å². The molecule has 4 rings (SSSR count). The van der Waals surface area contributed by atoms with E-state index in [2.05, 4.69) is 46.4 Å². The first-order valence-electron chi connectivity index (χ1n) is 10.8. The number of rotatable bonds is 9. The van der Waals surface area contributed by atoms with Crippen LogP contribution in [0.3, 0.4) is 0 Å². The van der Waals surface area contributed by atoms with Crippen LogP contribution in [0.15, 0.2) is 58.3 Å². The second-order valence-electron chi connectivity index (χ2n) is 8.33. The van der Waals surface area contributed by atoms with Crippen LogP contribution in [0.5, 0.6) is 0 Å². The number of aromatic nitrogens is 3. The summed E-state index contributed by atoms with van der Waals surface area (Å²) in [4.78, 5) is 15.0. The first-order valence-corrected chi connectivity index (χ1v) is 11.7. The molecular formula is C23H29N5O3S. The summed E-state index contributed by atoms with van der Waals surface area (Å²) in [6.07, 6.45) is 1.62. The smallest absolute Gasteiger partial charge is 0.230 e. The Bertz CT molecular complexity index is 998. The molecule has 3 heterocycles. The van der Waals surface area contributed by atoms with Crippen molar-refractivity contribution in [2.45, 2.75) is 31.1 Å². The SMILES string of the molecule is CC(C)(CNC(=O)CSc1nnc(-c2ccco2)n1Cc1ccccc1)N1CCOCC1. The third-order valence-electron chi connectivity index (χ3n) is 5.56. The van der Waals surface area contributed by atoms with E-state index in [4.69, 9.17) is 9.15 Å². The first-order chi connectivity index (χ1) is 15.5. The highest BCUT2D eigenvalue weighted by Crippen LogP contribution is 2.25. The molecule has 3 aromatic rings. The summed E-state index contributed by atoms with van der Waals surface area (Å²) >= 11 is 1.38. The van der Waals surface area contributed by atoms with Gasteiger partial charge in [0, 0.05) is 25.2 Å². The Hall–Kier alpha value is -2.62. The molecule has 170 valence electrons. The standard InChI is InChI=1S/C23H29N5O3S/c1-23(2,27-10-13-30-14-11-27)17-24-20(29)16-32-22-26-25-21(19-9-6-12-31-19)28(22)15-18-7-4-3-5-8-18/h3-9,12H,10-11,13-17H2,1-2H3,(H,24,29). The number of nitrogens with zero attached hydrogens (tertiary/aromatic N) is 4. The summed E-state index contributed by atoms with van der Waals surface area (Å²) in [6.45, 7) is 8.73. The lowest BCUT2D eigenvalue weighted by atomic mass is 10.0. The van der Waals surface area contributed by atoms with E-state index in [0.717, 1.165) is 31.9 Å². The number of amides is 1. The number of carbonyl (C=O) groups is 1. The largest absolute Gasteiger partial charge is 0.461 e. The summed E-state index contributed by atoms with van der Waals surface area (Å²) in [5.41, 5.74) is 1.00. The zero-order valence-electron chi connectivity index (χ0n) is 18.5. The number of furan rings is 1. The molecule has 32 heavy (non-hydrogen) atoms. The maximum Gasteiger partial charge on any atom is 0.230 e. The Morgan fingerprint density at radius 3 is 2.62 bits per heavy atom. The van der Waals surface area contributed by atoms with Gasteiger partial charge in [-0.2, -0.15) is 0 Å². The van der Waals surface area contributed by atoms with Gasteiger partial charge < -0.3 is 14.5 Å². The number of thioether (sulfide) groups is 1. The molecule has 1 amide bonds. The van der Waals surface area contributed by atoms with Crippen molar-refractivity contribution in [3.63, 3.8) is 0 Å². The second-order valence-corrected chi connectivity index (χ2v) is 9.27. The number of hydrogen-bond donors (Lipinski definition) is 1. The molecule has 0 unspecified atom stereocenters. The Balaban J connectivity index is 1.39. The number of hydrogen-bond acceptors (Lipinski definition) is 7. The van der Waals surface area contributed by atoms with Gasteiger partial charge in [0.2, 0.25) is 11.7 Å². The molecule has 1 aliphatic rings. The van der Waals surface area contributed by atoms with Crippen molar-refractivity contribution in [2.24, 2.45) is 0 Å². The molecule has 1 N–H and O–H groups in total. The van der Waals surface area contributed by atoms with E-state index in [9.17, 15) is 4.79 Å². The molecule has 2 aromatic heterocycles. The summed E-state index contributed by atoms with van der Waals surface area (Å²) < 4.78 is 13.0. The fourth-order valence-corrected chi connectivity index (χ4v) is 4.44. The first kappa shape index (κ1) is 22.6. The monoisotopic (exact) mass is 455 g/mol. The maximum atomic E-state index is 12.6. The summed E-state index contributed by atoms with van der Waals surface area (Å²) in [7, 11) is 0. The van der Waals surface area contributed by atoms with Gasteiger partial charge in [0.1, 0.15) is 0 Å². The van der Waals surface area contributed by atoms with Crippen LogP contribution >= 0.6 is 11.8 Å². The Morgan fingerprint density at radius 2 is 1.91 bits per heavy atom. The van der Waals surface area contributed by atoms with Crippen LogP contribution in [0.2, 0.25) is 0 Å². The van der Waals surface area contributed by atoms with Crippen LogP contribution in [0.1, 0.15) is 19.4 Å². The van der Waals surface area contributed by atoms with Gasteiger partial charge in [-0.25, -0.2) is 0 Å². The van der Waals surface area contributed by atoms with Gasteiger partial charge in [0.15, 0.2) is 10.9 Å². The molecule has 1 aliphatic heterocycles. The van der Waals surface area contributed by atoms with E-state index in [1.54, 1.807) is 6.26 Å². The Kier molecular flexibility index (Phi) is 7.29.